The third-order valence-corrected chi connectivity index (χ3v) is 4.34. The summed E-state index contributed by atoms with van der Waals surface area (Å²) in [5, 5.41) is 3.03. The van der Waals surface area contributed by atoms with Crippen molar-refractivity contribution in [3.8, 4) is 11.5 Å². The van der Waals surface area contributed by atoms with Crippen LogP contribution in [0.5, 0.6) is 11.5 Å². The van der Waals surface area contributed by atoms with Crippen molar-refractivity contribution in [2.45, 2.75) is 26.8 Å². The number of benzene rings is 2. The van der Waals surface area contributed by atoms with E-state index < -0.39 is 0 Å². The van der Waals surface area contributed by atoms with Crippen molar-refractivity contribution >= 4 is 11.6 Å². The van der Waals surface area contributed by atoms with E-state index in [1.54, 1.807) is 14.2 Å². The zero-order chi connectivity index (χ0) is 18.9. The van der Waals surface area contributed by atoms with E-state index >= 15 is 0 Å². The van der Waals surface area contributed by atoms with Gasteiger partial charge in [0.1, 0.15) is 0 Å². The molecular formula is C21H28N2O3. The van der Waals surface area contributed by atoms with Gasteiger partial charge in [-0.15, -0.1) is 0 Å². The fourth-order valence-corrected chi connectivity index (χ4v) is 2.86. The summed E-state index contributed by atoms with van der Waals surface area (Å²) in [6, 6.07) is 13.7. The first-order valence-corrected chi connectivity index (χ1v) is 8.92. The van der Waals surface area contributed by atoms with E-state index in [1.165, 1.54) is 0 Å². The van der Waals surface area contributed by atoms with Gasteiger partial charge >= 0.3 is 0 Å². The molecular weight excluding hydrogens is 328 g/mol. The van der Waals surface area contributed by atoms with Gasteiger partial charge in [-0.25, -0.2) is 0 Å². The number of anilines is 1. The first-order valence-electron chi connectivity index (χ1n) is 8.92. The fourth-order valence-electron chi connectivity index (χ4n) is 2.86. The van der Waals surface area contributed by atoms with Gasteiger partial charge in [0.2, 0.25) is 5.91 Å². The number of aryl methyl sites for hydroxylation is 1. The molecule has 26 heavy (non-hydrogen) atoms. The quantitative estimate of drug-likeness (QED) is 0.744. The van der Waals surface area contributed by atoms with Crippen LogP contribution in [0.15, 0.2) is 42.5 Å². The van der Waals surface area contributed by atoms with Crippen molar-refractivity contribution in [1.82, 2.24) is 4.90 Å². The number of para-hydroxylation sites is 1. The maximum absolute atomic E-state index is 12.5. The first kappa shape index (κ1) is 19.8. The summed E-state index contributed by atoms with van der Waals surface area (Å²) in [6.45, 7) is 5.91. The lowest BCUT2D eigenvalue weighted by atomic mass is 10.1. The molecule has 0 spiro atoms. The number of nitrogens with one attached hydrogen (secondary N) is 1. The highest BCUT2D eigenvalue weighted by molar-refractivity contribution is 5.93. The SMILES string of the molecule is CCc1ccccc1NC(=O)CN(CC)Cc1ccc(OC)c(OC)c1. The van der Waals surface area contributed by atoms with Crippen LogP contribution in [0.25, 0.3) is 0 Å². The first-order chi connectivity index (χ1) is 12.6. The van der Waals surface area contributed by atoms with Crippen LogP contribution in [0.4, 0.5) is 5.69 Å². The number of methoxy groups -OCH3 is 2. The van der Waals surface area contributed by atoms with Gasteiger partial charge in [-0.2, -0.15) is 0 Å². The number of hydrogen-bond donors (Lipinski definition) is 1. The molecule has 0 aromatic heterocycles. The van der Waals surface area contributed by atoms with Crippen LogP contribution in [0.1, 0.15) is 25.0 Å². The molecule has 0 heterocycles. The molecule has 0 radical (unpaired) electrons. The standard InChI is InChI=1S/C21H28N2O3/c1-5-17-9-7-8-10-18(17)22-21(24)15-23(6-2)14-16-11-12-19(25-3)20(13-16)26-4/h7-13H,5-6,14-15H2,1-4H3,(H,22,24). The van der Waals surface area contributed by atoms with Crippen molar-refractivity contribution in [3.05, 3.63) is 53.6 Å². The zero-order valence-corrected chi connectivity index (χ0v) is 16.0. The molecule has 0 fully saturated rings. The van der Waals surface area contributed by atoms with Crippen molar-refractivity contribution < 1.29 is 14.3 Å². The zero-order valence-electron chi connectivity index (χ0n) is 16.0. The second kappa shape index (κ2) is 9.82. The van der Waals surface area contributed by atoms with Crippen LogP contribution in [-0.4, -0.2) is 38.1 Å². The summed E-state index contributed by atoms with van der Waals surface area (Å²) < 4.78 is 10.6. The Morgan fingerprint density at radius 1 is 1.04 bits per heavy atom. The summed E-state index contributed by atoms with van der Waals surface area (Å²) in [5.74, 6) is 1.39. The molecule has 0 aliphatic heterocycles. The second-order valence-corrected chi connectivity index (χ2v) is 6.05. The minimum Gasteiger partial charge on any atom is -0.493 e. The molecule has 0 bridgehead atoms. The van der Waals surface area contributed by atoms with Gasteiger partial charge in [-0.3, -0.25) is 9.69 Å². The summed E-state index contributed by atoms with van der Waals surface area (Å²) in [4.78, 5) is 14.6. The minimum atomic E-state index is -0.00627. The average Bonchev–Trinajstić information content (AvgIpc) is 2.67. The number of hydrogen-bond acceptors (Lipinski definition) is 4. The van der Waals surface area contributed by atoms with E-state index in [4.69, 9.17) is 9.47 Å². The molecule has 5 nitrogen and oxygen atoms in total. The predicted molar refractivity (Wildman–Crippen MR) is 105 cm³/mol. The monoisotopic (exact) mass is 356 g/mol. The third-order valence-electron chi connectivity index (χ3n) is 4.34. The lowest BCUT2D eigenvalue weighted by molar-refractivity contribution is -0.117. The number of nitrogens with zero attached hydrogens (tertiary/aromatic N) is 1. The van der Waals surface area contributed by atoms with Crippen molar-refractivity contribution in [1.29, 1.82) is 0 Å². The molecule has 1 N–H and O–H groups in total. The lowest BCUT2D eigenvalue weighted by Crippen LogP contribution is -2.33. The highest BCUT2D eigenvalue weighted by atomic mass is 16.5. The van der Waals surface area contributed by atoms with Crippen LogP contribution >= 0.6 is 0 Å². The molecule has 2 rings (SSSR count). The molecule has 0 aliphatic rings. The van der Waals surface area contributed by atoms with Gasteiger partial charge in [0.25, 0.3) is 0 Å². The number of amides is 1. The Balaban J connectivity index is 2.01. The number of likely N-dealkylation sites (N-methyl/N-ethyl adjacent to an activating group) is 1. The fraction of sp³-hybridized carbons (Fsp3) is 0.381. The van der Waals surface area contributed by atoms with Crippen molar-refractivity contribution in [3.63, 3.8) is 0 Å². The Morgan fingerprint density at radius 3 is 2.42 bits per heavy atom. The van der Waals surface area contributed by atoms with Crippen molar-refractivity contribution in [2.75, 3.05) is 32.6 Å². The molecule has 0 aliphatic carbocycles. The van der Waals surface area contributed by atoms with Crippen LogP contribution < -0.4 is 14.8 Å². The Bertz CT molecular complexity index is 731. The molecule has 5 heteroatoms. The average molecular weight is 356 g/mol. The number of carbonyl (C=O) groups excluding carboxylic acids is 1. The number of ether oxygens (including phenoxy) is 2. The van der Waals surface area contributed by atoms with Gasteiger partial charge in [0.05, 0.1) is 20.8 Å². The highest BCUT2D eigenvalue weighted by Gasteiger charge is 2.13. The van der Waals surface area contributed by atoms with E-state index in [1.807, 2.05) is 49.4 Å². The summed E-state index contributed by atoms with van der Waals surface area (Å²) in [7, 11) is 3.24. The molecule has 0 saturated carbocycles. The maximum Gasteiger partial charge on any atom is 0.238 e. The highest BCUT2D eigenvalue weighted by Crippen LogP contribution is 2.28. The lowest BCUT2D eigenvalue weighted by Gasteiger charge is -2.21. The Labute approximate surface area is 155 Å². The number of rotatable bonds is 9. The van der Waals surface area contributed by atoms with Gasteiger partial charge in [-0.1, -0.05) is 38.1 Å². The summed E-state index contributed by atoms with van der Waals surface area (Å²) in [5.41, 5.74) is 3.11. The van der Waals surface area contributed by atoms with Crippen LogP contribution in [0, 0.1) is 0 Å². The molecule has 2 aromatic carbocycles. The van der Waals surface area contributed by atoms with Gasteiger partial charge in [0.15, 0.2) is 11.5 Å². The van der Waals surface area contributed by atoms with Crippen LogP contribution in [-0.2, 0) is 17.8 Å². The van der Waals surface area contributed by atoms with Crippen LogP contribution in [0.2, 0.25) is 0 Å². The van der Waals surface area contributed by atoms with E-state index in [0.29, 0.717) is 24.6 Å². The predicted octanol–water partition coefficient (Wildman–Crippen LogP) is 3.73. The number of carbonyl (C=O) groups is 1. The largest absolute Gasteiger partial charge is 0.493 e. The normalized spacial score (nSPS) is 10.7. The molecule has 1 amide bonds. The molecule has 0 unspecified atom stereocenters. The van der Waals surface area contributed by atoms with E-state index in [-0.39, 0.29) is 5.91 Å². The summed E-state index contributed by atoms with van der Waals surface area (Å²) in [6.07, 6.45) is 0.888. The van der Waals surface area contributed by atoms with E-state index in [9.17, 15) is 4.79 Å². The van der Waals surface area contributed by atoms with E-state index in [2.05, 4.69) is 17.1 Å². The Kier molecular flexibility index (Phi) is 7.48. The molecule has 2 aromatic rings. The second-order valence-electron chi connectivity index (χ2n) is 6.05. The summed E-state index contributed by atoms with van der Waals surface area (Å²) >= 11 is 0. The van der Waals surface area contributed by atoms with E-state index in [0.717, 1.165) is 29.8 Å². The molecule has 0 saturated heterocycles. The van der Waals surface area contributed by atoms with Crippen LogP contribution in [0.3, 0.4) is 0 Å². The topological polar surface area (TPSA) is 50.8 Å². The van der Waals surface area contributed by atoms with Gasteiger partial charge in [-0.05, 0) is 42.3 Å². The Morgan fingerprint density at radius 2 is 1.77 bits per heavy atom. The molecule has 0 atom stereocenters. The van der Waals surface area contributed by atoms with Crippen molar-refractivity contribution in [2.24, 2.45) is 0 Å². The third kappa shape index (κ3) is 5.23. The van der Waals surface area contributed by atoms with Gasteiger partial charge < -0.3 is 14.8 Å². The molecule has 140 valence electrons. The minimum absolute atomic E-state index is 0.00627. The smallest absolute Gasteiger partial charge is 0.238 e. The maximum atomic E-state index is 12.5. The van der Waals surface area contributed by atoms with Gasteiger partial charge in [0, 0.05) is 12.2 Å². The Hall–Kier alpha value is -2.53.